The van der Waals surface area contributed by atoms with Crippen LogP contribution in [0.25, 0.3) is 0 Å². The van der Waals surface area contributed by atoms with E-state index in [1.165, 1.54) is 6.07 Å². The summed E-state index contributed by atoms with van der Waals surface area (Å²) >= 11 is 6.34. The summed E-state index contributed by atoms with van der Waals surface area (Å²) in [7, 11) is 0. The smallest absolute Gasteiger partial charge is 0.335 e. The molecule has 2 N–H and O–H groups in total. The van der Waals surface area contributed by atoms with Crippen molar-refractivity contribution in [3.05, 3.63) is 57.6 Å². The van der Waals surface area contributed by atoms with E-state index in [1.807, 2.05) is 20.8 Å². The van der Waals surface area contributed by atoms with Gasteiger partial charge in [-0.3, -0.25) is 4.79 Å². The van der Waals surface area contributed by atoms with E-state index in [0.29, 0.717) is 27.6 Å². The average Bonchev–Trinajstić information content (AvgIpc) is 2.62. The van der Waals surface area contributed by atoms with Crippen molar-refractivity contribution in [2.75, 3.05) is 5.32 Å². The lowest BCUT2D eigenvalue weighted by atomic mass is 10.1. The summed E-state index contributed by atoms with van der Waals surface area (Å²) in [6.45, 7) is 7.58. The Kier molecular flexibility index (Phi) is 6.86. The zero-order chi connectivity index (χ0) is 20.1. The first kappa shape index (κ1) is 20.8. The molecule has 0 saturated carbocycles. The number of carboxylic acids is 1. The second-order valence-corrected chi connectivity index (χ2v) is 6.83. The predicted molar refractivity (Wildman–Crippen MR) is 107 cm³/mol. The first-order valence-electron chi connectivity index (χ1n) is 8.88. The Bertz CT molecular complexity index is 860. The van der Waals surface area contributed by atoms with Crippen LogP contribution in [0.4, 0.5) is 5.69 Å². The number of ether oxygens (including phenoxy) is 1. The Hall–Kier alpha value is -2.53. The molecule has 1 amide bonds. The molecule has 0 radical (unpaired) electrons. The molecule has 2 rings (SSSR count). The quantitative estimate of drug-likeness (QED) is 0.657. The van der Waals surface area contributed by atoms with Crippen LogP contribution in [0.5, 0.6) is 5.75 Å². The topological polar surface area (TPSA) is 75.6 Å². The number of benzene rings is 2. The molecule has 0 saturated heterocycles. The molecule has 0 atom stereocenters. The highest BCUT2D eigenvalue weighted by Gasteiger charge is 2.16. The number of carboxylic acid groups (broad SMARTS) is 1. The van der Waals surface area contributed by atoms with Crippen molar-refractivity contribution in [2.45, 2.75) is 46.6 Å². The lowest BCUT2D eigenvalue weighted by molar-refractivity contribution is 0.0696. The molecule has 0 aromatic heterocycles. The fourth-order valence-corrected chi connectivity index (χ4v) is 2.93. The summed E-state index contributed by atoms with van der Waals surface area (Å²) in [6, 6.07) is 8.02. The molecule has 0 fully saturated rings. The van der Waals surface area contributed by atoms with Gasteiger partial charge >= 0.3 is 5.97 Å². The standard InChI is InChI=1S/C21H24ClNO4/c1-5-16(6-2)27-18-11-14(9-13(4)19(18)22)20(24)23-15-7-8-17(21(25)26)12(3)10-15/h7-11,16H,5-6H2,1-4H3,(H,23,24)(H,25,26). The number of halogens is 1. The van der Waals surface area contributed by atoms with Crippen molar-refractivity contribution >= 4 is 29.2 Å². The number of rotatable bonds is 7. The monoisotopic (exact) mass is 389 g/mol. The summed E-state index contributed by atoms with van der Waals surface area (Å²) in [6.07, 6.45) is 1.72. The molecule has 6 heteroatoms. The fraction of sp³-hybridized carbons (Fsp3) is 0.333. The molecule has 5 nitrogen and oxygen atoms in total. The Morgan fingerprint density at radius 2 is 1.78 bits per heavy atom. The van der Waals surface area contributed by atoms with Gasteiger partial charge in [0.1, 0.15) is 5.75 Å². The van der Waals surface area contributed by atoms with E-state index in [1.54, 1.807) is 31.2 Å². The zero-order valence-electron chi connectivity index (χ0n) is 15.9. The molecule has 2 aromatic carbocycles. The van der Waals surface area contributed by atoms with Crippen molar-refractivity contribution in [3.63, 3.8) is 0 Å². The van der Waals surface area contributed by atoms with Crippen LogP contribution < -0.4 is 10.1 Å². The van der Waals surface area contributed by atoms with Crippen LogP contribution in [-0.2, 0) is 0 Å². The lowest BCUT2D eigenvalue weighted by Gasteiger charge is -2.18. The van der Waals surface area contributed by atoms with Gasteiger partial charge in [0.2, 0.25) is 0 Å². The van der Waals surface area contributed by atoms with Crippen LogP contribution in [0.2, 0.25) is 5.02 Å². The Labute approximate surface area is 164 Å². The van der Waals surface area contributed by atoms with Crippen LogP contribution in [0.1, 0.15) is 58.5 Å². The van der Waals surface area contributed by atoms with Gasteiger partial charge in [0.25, 0.3) is 5.91 Å². The van der Waals surface area contributed by atoms with Crippen molar-refractivity contribution in [1.29, 1.82) is 0 Å². The van der Waals surface area contributed by atoms with E-state index in [-0.39, 0.29) is 17.6 Å². The van der Waals surface area contributed by atoms with E-state index in [0.717, 1.165) is 18.4 Å². The largest absolute Gasteiger partial charge is 0.489 e. The number of anilines is 1. The van der Waals surface area contributed by atoms with Crippen molar-refractivity contribution < 1.29 is 19.4 Å². The second kappa shape index (κ2) is 8.91. The number of nitrogens with one attached hydrogen (secondary N) is 1. The number of aryl methyl sites for hydroxylation is 2. The van der Waals surface area contributed by atoms with Crippen LogP contribution in [0.15, 0.2) is 30.3 Å². The van der Waals surface area contributed by atoms with Gasteiger partial charge in [-0.1, -0.05) is 25.4 Å². The zero-order valence-corrected chi connectivity index (χ0v) is 16.7. The SMILES string of the molecule is CCC(CC)Oc1cc(C(=O)Nc2ccc(C(=O)O)c(C)c2)cc(C)c1Cl. The maximum Gasteiger partial charge on any atom is 0.335 e. The number of carbonyl (C=O) groups excluding carboxylic acids is 1. The minimum atomic E-state index is -0.998. The van der Waals surface area contributed by atoms with Gasteiger partial charge in [-0.05, 0) is 68.1 Å². The van der Waals surface area contributed by atoms with E-state index < -0.39 is 5.97 Å². The molecule has 0 aliphatic carbocycles. The molecule has 0 aliphatic heterocycles. The Morgan fingerprint density at radius 1 is 1.11 bits per heavy atom. The predicted octanol–water partition coefficient (Wildman–Crippen LogP) is 5.47. The molecule has 144 valence electrons. The van der Waals surface area contributed by atoms with Gasteiger partial charge < -0.3 is 15.2 Å². The summed E-state index contributed by atoms with van der Waals surface area (Å²) in [5.41, 5.74) is 2.49. The number of aromatic carboxylic acids is 1. The summed E-state index contributed by atoms with van der Waals surface area (Å²) < 4.78 is 5.95. The molecule has 27 heavy (non-hydrogen) atoms. The van der Waals surface area contributed by atoms with Crippen LogP contribution >= 0.6 is 11.6 Å². The summed E-state index contributed by atoms with van der Waals surface area (Å²) in [5.74, 6) is -0.818. The fourth-order valence-electron chi connectivity index (χ4n) is 2.77. The minimum Gasteiger partial charge on any atom is -0.489 e. The van der Waals surface area contributed by atoms with Gasteiger partial charge in [0, 0.05) is 11.3 Å². The van der Waals surface area contributed by atoms with E-state index in [2.05, 4.69) is 5.32 Å². The molecular formula is C21H24ClNO4. The average molecular weight is 390 g/mol. The van der Waals surface area contributed by atoms with Crippen LogP contribution in [0.3, 0.4) is 0 Å². The van der Waals surface area contributed by atoms with Gasteiger partial charge in [-0.25, -0.2) is 4.79 Å². The normalized spacial score (nSPS) is 10.7. The maximum absolute atomic E-state index is 12.7. The van der Waals surface area contributed by atoms with Gasteiger partial charge in [-0.15, -0.1) is 0 Å². The van der Waals surface area contributed by atoms with Crippen LogP contribution in [0, 0.1) is 13.8 Å². The molecule has 0 unspecified atom stereocenters. The van der Waals surface area contributed by atoms with Crippen LogP contribution in [-0.4, -0.2) is 23.1 Å². The minimum absolute atomic E-state index is 0.0337. The number of hydrogen-bond acceptors (Lipinski definition) is 3. The van der Waals surface area contributed by atoms with Gasteiger partial charge in [-0.2, -0.15) is 0 Å². The highest BCUT2D eigenvalue weighted by Crippen LogP contribution is 2.31. The Balaban J connectivity index is 2.27. The number of hydrogen-bond donors (Lipinski definition) is 2. The van der Waals surface area contributed by atoms with Gasteiger partial charge in [0.05, 0.1) is 16.7 Å². The summed E-state index contributed by atoms with van der Waals surface area (Å²) in [5, 5.41) is 12.4. The Morgan fingerprint density at radius 3 is 2.33 bits per heavy atom. The summed E-state index contributed by atoms with van der Waals surface area (Å²) in [4.78, 5) is 23.8. The highest BCUT2D eigenvalue weighted by molar-refractivity contribution is 6.33. The molecule has 2 aromatic rings. The third kappa shape index (κ3) is 5.01. The first-order valence-corrected chi connectivity index (χ1v) is 9.26. The van der Waals surface area contributed by atoms with Crippen molar-refractivity contribution in [2.24, 2.45) is 0 Å². The highest BCUT2D eigenvalue weighted by atomic mass is 35.5. The second-order valence-electron chi connectivity index (χ2n) is 6.45. The lowest BCUT2D eigenvalue weighted by Crippen LogP contribution is -2.16. The number of amides is 1. The molecule has 0 spiro atoms. The number of carbonyl (C=O) groups is 2. The third-order valence-corrected chi connectivity index (χ3v) is 4.89. The maximum atomic E-state index is 12.7. The van der Waals surface area contributed by atoms with Crippen molar-refractivity contribution in [3.8, 4) is 5.75 Å². The third-order valence-electron chi connectivity index (χ3n) is 4.40. The van der Waals surface area contributed by atoms with E-state index in [9.17, 15) is 9.59 Å². The molecule has 0 bridgehead atoms. The van der Waals surface area contributed by atoms with E-state index in [4.69, 9.17) is 21.4 Å². The van der Waals surface area contributed by atoms with E-state index >= 15 is 0 Å². The molecular weight excluding hydrogens is 366 g/mol. The molecule has 0 aliphatic rings. The first-order chi connectivity index (χ1) is 12.8. The van der Waals surface area contributed by atoms with Gasteiger partial charge in [0.15, 0.2) is 0 Å². The van der Waals surface area contributed by atoms with Crippen molar-refractivity contribution in [1.82, 2.24) is 0 Å². The molecule has 0 heterocycles.